The average Bonchev–Trinajstić information content (AvgIpc) is 2.67. The fourth-order valence-corrected chi connectivity index (χ4v) is 3.50. The summed E-state index contributed by atoms with van der Waals surface area (Å²) in [5, 5.41) is 10.6. The Bertz CT molecular complexity index is 643. The Balaban J connectivity index is 2.13. The zero-order valence-electron chi connectivity index (χ0n) is 10.2. The van der Waals surface area contributed by atoms with Crippen molar-refractivity contribution in [3.8, 4) is 0 Å². The van der Waals surface area contributed by atoms with Crippen LogP contribution in [0.2, 0.25) is 0 Å². The molecule has 1 fully saturated rings. The second-order valence-corrected chi connectivity index (χ2v) is 7.38. The Morgan fingerprint density at radius 3 is 2.45 bits per heavy atom. The Kier molecular flexibility index (Phi) is 3.96. The number of carbonyl (C=O) groups is 1. The number of benzene rings is 1. The van der Waals surface area contributed by atoms with E-state index in [2.05, 4.69) is 0 Å². The van der Waals surface area contributed by atoms with Crippen molar-refractivity contribution in [3.05, 3.63) is 34.4 Å². The van der Waals surface area contributed by atoms with Crippen molar-refractivity contribution in [2.24, 2.45) is 5.92 Å². The topological polar surface area (TPSA) is 97.6 Å². The van der Waals surface area contributed by atoms with E-state index >= 15 is 0 Å². The molecule has 0 aliphatic carbocycles. The van der Waals surface area contributed by atoms with Gasteiger partial charge in [-0.25, -0.2) is 8.42 Å². The van der Waals surface area contributed by atoms with Gasteiger partial charge in [0, 0.05) is 47.4 Å². The number of rotatable bonds is 4. The Morgan fingerprint density at radius 2 is 1.95 bits per heavy atom. The molecule has 20 heavy (non-hydrogen) atoms. The predicted molar refractivity (Wildman–Crippen MR) is 73.2 cm³/mol. The first kappa shape index (κ1) is 14.7. The van der Waals surface area contributed by atoms with Gasteiger partial charge in [0.2, 0.25) is 15.0 Å². The molecule has 1 unspecified atom stereocenters. The normalized spacial score (nSPS) is 19.4. The summed E-state index contributed by atoms with van der Waals surface area (Å²) in [6, 6.07) is 5.53. The highest BCUT2D eigenvalue weighted by molar-refractivity contribution is 8.13. The van der Waals surface area contributed by atoms with Gasteiger partial charge in [0.15, 0.2) is 0 Å². The Hall–Kier alpha value is -1.67. The maximum Gasteiger partial charge on any atom is 0.269 e. The predicted octanol–water partition coefficient (Wildman–Crippen LogP) is 1.52. The molecule has 0 aromatic heterocycles. The maximum absolute atomic E-state index is 11.8. The molecule has 0 saturated carbocycles. The summed E-state index contributed by atoms with van der Waals surface area (Å²) < 4.78 is 22.0. The van der Waals surface area contributed by atoms with Crippen LogP contribution in [0.1, 0.15) is 6.42 Å². The SMILES string of the molecule is O=C1CC(CS(=O)(=O)Cl)CN1c1ccc([N+](=O)[O-])cc1. The third-order valence-corrected chi connectivity index (χ3v) is 4.26. The van der Waals surface area contributed by atoms with E-state index in [0.717, 1.165) is 0 Å². The van der Waals surface area contributed by atoms with Crippen molar-refractivity contribution in [1.29, 1.82) is 0 Å². The van der Waals surface area contributed by atoms with Crippen molar-refractivity contribution >= 4 is 37.0 Å². The standard InChI is InChI=1S/C11H11ClN2O5S/c12-20(18,19)7-8-5-11(15)13(6-8)9-1-3-10(4-2-9)14(16)17/h1-4,8H,5-7H2. The van der Waals surface area contributed by atoms with Crippen LogP contribution >= 0.6 is 10.7 Å². The second kappa shape index (κ2) is 5.37. The van der Waals surface area contributed by atoms with Gasteiger partial charge in [0.25, 0.3) is 5.69 Å². The van der Waals surface area contributed by atoms with Crippen LogP contribution in [0, 0.1) is 16.0 Å². The molecule has 108 valence electrons. The highest BCUT2D eigenvalue weighted by Crippen LogP contribution is 2.27. The van der Waals surface area contributed by atoms with Gasteiger partial charge in [-0.15, -0.1) is 0 Å². The van der Waals surface area contributed by atoms with Crippen LogP contribution in [-0.2, 0) is 13.8 Å². The minimum absolute atomic E-state index is 0.0692. The van der Waals surface area contributed by atoms with E-state index < -0.39 is 14.0 Å². The summed E-state index contributed by atoms with van der Waals surface area (Å²) in [7, 11) is 1.53. The number of halogens is 1. The molecule has 0 N–H and O–H groups in total. The lowest BCUT2D eigenvalue weighted by Gasteiger charge is -2.16. The molecule has 0 radical (unpaired) electrons. The fraction of sp³-hybridized carbons (Fsp3) is 0.364. The van der Waals surface area contributed by atoms with E-state index in [-0.39, 0.29) is 36.2 Å². The van der Waals surface area contributed by atoms with Crippen LogP contribution in [0.15, 0.2) is 24.3 Å². The van der Waals surface area contributed by atoms with Crippen LogP contribution in [0.25, 0.3) is 0 Å². The number of amides is 1. The van der Waals surface area contributed by atoms with Gasteiger partial charge in [-0.3, -0.25) is 14.9 Å². The van der Waals surface area contributed by atoms with E-state index in [4.69, 9.17) is 10.7 Å². The average molecular weight is 319 g/mol. The number of anilines is 1. The van der Waals surface area contributed by atoms with E-state index in [1.54, 1.807) is 0 Å². The highest BCUT2D eigenvalue weighted by Gasteiger charge is 2.33. The zero-order valence-corrected chi connectivity index (χ0v) is 11.8. The number of nitro benzene ring substituents is 1. The van der Waals surface area contributed by atoms with Crippen LogP contribution in [0.5, 0.6) is 0 Å². The molecule has 7 nitrogen and oxygen atoms in total. The monoisotopic (exact) mass is 318 g/mol. The van der Waals surface area contributed by atoms with Crippen molar-refractivity contribution in [3.63, 3.8) is 0 Å². The van der Waals surface area contributed by atoms with Crippen LogP contribution in [0.3, 0.4) is 0 Å². The largest absolute Gasteiger partial charge is 0.312 e. The second-order valence-electron chi connectivity index (χ2n) is 4.55. The fourth-order valence-electron chi connectivity index (χ4n) is 2.18. The van der Waals surface area contributed by atoms with E-state index in [1.807, 2.05) is 0 Å². The van der Waals surface area contributed by atoms with Crippen molar-refractivity contribution in [2.45, 2.75) is 6.42 Å². The van der Waals surface area contributed by atoms with Crippen LogP contribution in [-0.4, -0.2) is 31.5 Å². The lowest BCUT2D eigenvalue weighted by molar-refractivity contribution is -0.384. The van der Waals surface area contributed by atoms with Crippen molar-refractivity contribution in [1.82, 2.24) is 0 Å². The smallest absolute Gasteiger partial charge is 0.269 e. The molecule has 1 aromatic rings. The van der Waals surface area contributed by atoms with Gasteiger partial charge in [-0.05, 0) is 12.1 Å². The zero-order chi connectivity index (χ0) is 14.9. The van der Waals surface area contributed by atoms with E-state index in [1.165, 1.54) is 29.2 Å². The lowest BCUT2D eigenvalue weighted by atomic mass is 10.1. The van der Waals surface area contributed by atoms with E-state index in [9.17, 15) is 23.3 Å². The molecule has 1 amide bonds. The first-order chi connectivity index (χ1) is 9.26. The molecule has 9 heteroatoms. The maximum atomic E-state index is 11.8. The number of nitro groups is 1. The summed E-state index contributed by atoms with van der Waals surface area (Å²) in [6.07, 6.45) is 0.100. The van der Waals surface area contributed by atoms with Crippen molar-refractivity contribution in [2.75, 3.05) is 17.2 Å². The van der Waals surface area contributed by atoms with Gasteiger partial charge < -0.3 is 4.90 Å². The summed E-state index contributed by atoms with van der Waals surface area (Å²) in [4.78, 5) is 23.3. The van der Waals surface area contributed by atoms with Gasteiger partial charge in [-0.2, -0.15) is 0 Å². The van der Waals surface area contributed by atoms with Gasteiger partial charge in [0.1, 0.15) is 0 Å². The van der Waals surface area contributed by atoms with Crippen molar-refractivity contribution < 1.29 is 18.1 Å². The quantitative estimate of drug-likeness (QED) is 0.476. The Labute approximate surface area is 119 Å². The number of non-ortho nitro benzene ring substituents is 1. The summed E-state index contributed by atoms with van der Waals surface area (Å²) in [5.74, 6) is -0.839. The molecule has 0 bridgehead atoms. The molecule has 1 aliphatic rings. The van der Waals surface area contributed by atoms with Gasteiger partial charge in [-0.1, -0.05) is 0 Å². The molecule has 0 spiro atoms. The third-order valence-electron chi connectivity index (χ3n) is 3.01. The molecule has 1 aliphatic heterocycles. The lowest BCUT2D eigenvalue weighted by Crippen LogP contribution is -2.25. The third kappa shape index (κ3) is 3.45. The molecule has 2 rings (SSSR count). The molecular weight excluding hydrogens is 308 g/mol. The Morgan fingerprint density at radius 1 is 1.35 bits per heavy atom. The number of hydrogen-bond acceptors (Lipinski definition) is 5. The van der Waals surface area contributed by atoms with Gasteiger partial charge >= 0.3 is 0 Å². The first-order valence-electron chi connectivity index (χ1n) is 5.73. The van der Waals surface area contributed by atoms with E-state index in [0.29, 0.717) is 5.69 Å². The summed E-state index contributed by atoms with van der Waals surface area (Å²) >= 11 is 0. The minimum Gasteiger partial charge on any atom is -0.312 e. The van der Waals surface area contributed by atoms with Crippen LogP contribution < -0.4 is 4.90 Å². The first-order valence-corrected chi connectivity index (χ1v) is 8.21. The summed E-state index contributed by atoms with van der Waals surface area (Å²) in [6.45, 7) is 0.239. The van der Waals surface area contributed by atoms with Crippen LogP contribution in [0.4, 0.5) is 11.4 Å². The molecule has 1 atom stereocenters. The number of hydrogen-bond donors (Lipinski definition) is 0. The minimum atomic E-state index is -3.65. The number of nitrogens with zero attached hydrogens (tertiary/aromatic N) is 2. The molecule has 1 heterocycles. The molecular formula is C11H11ClN2O5S. The molecule has 1 aromatic carbocycles. The molecule has 1 saturated heterocycles. The number of carbonyl (C=O) groups excluding carboxylic acids is 1. The highest BCUT2D eigenvalue weighted by atomic mass is 35.7. The summed E-state index contributed by atoms with van der Waals surface area (Å²) in [5.41, 5.74) is 0.440. The van der Waals surface area contributed by atoms with Gasteiger partial charge in [0.05, 0.1) is 10.7 Å².